The Morgan fingerprint density at radius 2 is 1.69 bits per heavy atom. The van der Waals surface area contributed by atoms with Gasteiger partial charge in [0.2, 0.25) is 0 Å². The second kappa shape index (κ2) is 9.00. The molecule has 0 spiro atoms. The zero-order valence-electron chi connectivity index (χ0n) is 19.2. The standard InChI is InChI=1S/C28H22FN3O2S/c1-18-11-22(14-23(29)12-18)20-3-5-26(19(2)13-20)28-27-6-4-25(15-21(27)7-10-31-28)35(33,34)16-24-8-9-30-17-32-24/h3-15,17H,16H2,1-2H3. The summed E-state index contributed by atoms with van der Waals surface area (Å²) < 4.78 is 39.9. The van der Waals surface area contributed by atoms with Gasteiger partial charge in [0.25, 0.3) is 0 Å². The fourth-order valence-electron chi connectivity index (χ4n) is 4.26. The minimum absolute atomic E-state index is 0.195. The molecule has 0 amide bonds. The predicted octanol–water partition coefficient (Wildman–Crippen LogP) is 6.09. The molecule has 5 nitrogen and oxygen atoms in total. The van der Waals surface area contributed by atoms with E-state index in [0.717, 1.165) is 44.3 Å². The molecule has 0 fully saturated rings. The van der Waals surface area contributed by atoms with Crippen molar-refractivity contribution in [3.63, 3.8) is 0 Å². The fourth-order valence-corrected chi connectivity index (χ4v) is 5.57. The van der Waals surface area contributed by atoms with E-state index in [0.29, 0.717) is 5.69 Å². The van der Waals surface area contributed by atoms with E-state index in [1.165, 1.54) is 24.7 Å². The number of rotatable bonds is 5. The fraction of sp³-hybridized carbons (Fsp3) is 0.107. The Morgan fingerprint density at radius 3 is 2.43 bits per heavy atom. The van der Waals surface area contributed by atoms with Gasteiger partial charge in [0.15, 0.2) is 9.84 Å². The van der Waals surface area contributed by atoms with Crippen LogP contribution in [0.5, 0.6) is 0 Å². The molecule has 0 N–H and O–H groups in total. The number of hydrogen-bond donors (Lipinski definition) is 0. The number of aryl methyl sites for hydroxylation is 2. The van der Waals surface area contributed by atoms with Gasteiger partial charge >= 0.3 is 0 Å². The third-order valence-corrected chi connectivity index (χ3v) is 7.58. The van der Waals surface area contributed by atoms with Crippen LogP contribution in [0.3, 0.4) is 0 Å². The minimum atomic E-state index is -3.58. The second-order valence-corrected chi connectivity index (χ2v) is 10.5. The van der Waals surface area contributed by atoms with Gasteiger partial charge in [0, 0.05) is 23.3 Å². The Bertz CT molecular complexity index is 1650. The molecule has 0 unspecified atom stereocenters. The Labute approximate surface area is 203 Å². The van der Waals surface area contributed by atoms with Gasteiger partial charge < -0.3 is 0 Å². The van der Waals surface area contributed by atoms with Crippen molar-refractivity contribution in [1.82, 2.24) is 15.0 Å². The van der Waals surface area contributed by atoms with Gasteiger partial charge in [-0.3, -0.25) is 4.98 Å². The molecule has 0 saturated heterocycles. The number of benzene rings is 3. The number of hydrogen-bond acceptors (Lipinski definition) is 5. The largest absolute Gasteiger partial charge is 0.256 e. The molecule has 0 aliphatic carbocycles. The van der Waals surface area contributed by atoms with Crippen molar-refractivity contribution in [2.75, 3.05) is 0 Å². The van der Waals surface area contributed by atoms with E-state index in [1.54, 1.807) is 30.5 Å². The second-order valence-electron chi connectivity index (χ2n) is 8.55. The average Bonchev–Trinajstić information content (AvgIpc) is 2.83. The SMILES string of the molecule is Cc1cc(F)cc(-c2ccc(-c3nccc4cc(S(=O)(=O)Cc5ccncn5)ccc34)c(C)c2)c1. The third-order valence-electron chi connectivity index (χ3n) is 5.93. The molecule has 174 valence electrons. The first-order valence-corrected chi connectivity index (χ1v) is 12.7. The molecule has 0 aliphatic rings. The highest BCUT2D eigenvalue weighted by Gasteiger charge is 2.18. The topological polar surface area (TPSA) is 72.8 Å². The summed E-state index contributed by atoms with van der Waals surface area (Å²) in [5.41, 5.74) is 5.74. The summed E-state index contributed by atoms with van der Waals surface area (Å²) in [6, 6.07) is 19.4. The van der Waals surface area contributed by atoms with E-state index in [1.807, 2.05) is 44.2 Å². The summed E-state index contributed by atoms with van der Waals surface area (Å²) in [4.78, 5) is 12.7. The number of sulfone groups is 1. The molecule has 5 aromatic rings. The lowest BCUT2D eigenvalue weighted by molar-refractivity contribution is 0.594. The van der Waals surface area contributed by atoms with Crippen LogP contribution in [0.2, 0.25) is 0 Å². The summed E-state index contributed by atoms with van der Waals surface area (Å²) >= 11 is 0. The summed E-state index contributed by atoms with van der Waals surface area (Å²) in [5.74, 6) is -0.457. The van der Waals surface area contributed by atoms with E-state index >= 15 is 0 Å². The molecule has 0 saturated carbocycles. The molecular weight excluding hydrogens is 461 g/mol. The molecule has 0 atom stereocenters. The van der Waals surface area contributed by atoms with Crippen molar-refractivity contribution in [2.45, 2.75) is 24.5 Å². The van der Waals surface area contributed by atoms with Gasteiger partial charge in [-0.05, 0) is 77.9 Å². The average molecular weight is 484 g/mol. The Morgan fingerprint density at radius 1 is 0.829 bits per heavy atom. The first-order chi connectivity index (χ1) is 16.8. The Kier molecular flexibility index (Phi) is 5.86. The van der Waals surface area contributed by atoms with E-state index in [9.17, 15) is 12.8 Å². The molecule has 7 heteroatoms. The van der Waals surface area contributed by atoms with Crippen molar-refractivity contribution >= 4 is 20.6 Å². The van der Waals surface area contributed by atoms with Gasteiger partial charge in [0.05, 0.1) is 22.0 Å². The molecule has 3 aromatic carbocycles. The molecule has 0 radical (unpaired) electrons. The number of halogens is 1. The molecular formula is C28H22FN3O2S. The normalized spacial score (nSPS) is 11.6. The van der Waals surface area contributed by atoms with Gasteiger partial charge in [-0.25, -0.2) is 22.8 Å². The highest BCUT2D eigenvalue weighted by Crippen LogP contribution is 2.33. The van der Waals surface area contributed by atoms with E-state index in [2.05, 4.69) is 15.0 Å². The number of fused-ring (bicyclic) bond motifs is 1. The molecule has 2 aromatic heterocycles. The zero-order valence-corrected chi connectivity index (χ0v) is 20.1. The van der Waals surface area contributed by atoms with Crippen molar-refractivity contribution in [1.29, 1.82) is 0 Å². The van der Waals surface area contributed by atoms with Gasteiger partial charge in [-0.15, -0.1) is 0 Å². The van der Waals surface area contributed by atoms with Crippen LogP contribution in [0.4, 0.5) is 4.39 Å². The highest BCUT2D eigenvalue weighted by molar-refractivity contribution is 7.90. The predicted molar refractivity (Wildman–Crippen MR) is 135 cm³/mol. The van der Waals surface area contributed by atoms with Crippen LogP contribution < -0.4 is 0 Å². The lowest BCUT2D eigenvalue weighted by atomic mass is 9.95. The van der Waals surface area contributed by atoms with Crippen molar-refractivity contribution in [3.05, 3.63) is 108 Å². The van der Waals surface area contributed by atoms with Crippen LogP contribution in [0, 0.1) is 19.7 Å². The van der Waals surface area contributed by atoms with Crippen LogP contribution >= 0.6 is 0 Å². The van der Waals surface area contributed by atoms with Crippen molar-refractivity contribution in [2.24, 2.45) is 0 Å². The van der Waals surface area contributed by atoms with Gasteiger partial charge in [-0.1, -0.05) is 30.3 Å². The molecule has 35 heavy (non-hydrogen) atoms. The molecule has 5 rings (SSSR count). The number of nitrogens with zero attached hydrogens (tertiary/aromatic N) is 3. The van der Waals surface area contributed by atoms with Crippen LogP contribution in [-0.4, -0.2) is 23.4 Å². The minimum Gasteiger partial charge on any atom is -0.256 e. The monoisotopic (exact) mass is 483 g/mol. The third kappa shape index (κ3) is 4.68. The summed E-state index contributed by atoms with van der Waals surface area (Å²) in [6.45, 7) is 3.86. The lowest BCUT2D eigenvalue weighted by Crippen LogP contribution is -2.06. The summed E-state index contributed by atoms with van der Waals surface area (Å²) in [5, 5.41) is 1.63. The van der Waals surface area contributed by atoms with Crippen LogP contribution in [0.15, 0.2) is 90.3 Å². The van der Waals surface area contributed by atoms with E-state index in [-0.39, 0.29) is 16.5 Å². The van der Waals surface area contributed by atoms with Crippen LogP contribution in [-0.2, 0) is 15.6 Å². The molecule has 0 bridgehead atoms. The smallest absolute Gasteiger partial charge is 0.184 e. The lowest BCUT2D eigenvalue weighted by Gasteiger charge is -2.12. The molecule has 0 aliphatic heterocycles. The first-order valence-electron chi connectivity index (χ1n) is 11.1. The summed E-state index contributed by atoms with van der Waals surface area (Å²) in [6.07, 6.45) is 4.55. The van der Waals surface area contributed by atoms with Gasteiger partial charge in [-0.2, -0.15) is 0 Å². The van der Waals surface area contributed by atoms with Crippen LogP contribution in [0.25, 0.3) is 33.2 Å². The maximum absolute atomic E-state index is 13.9. The van der Waals surface area contributed by atoms with Crippen LogP contribution in [0.1, 0.15) is 16.8 Å². The van der Waals surface area contributed by atoms with Gasteiger partial charge in [0.1, 0.15) is 12.1 Å². The first kappa shape index (κ1) is 22.8. The van der Waals surface area contributed by atoms with E-state index in [4.69, 9.17) is 0 Å². The number of aromatic nitrogens is 3. The van der Waals surface area contributed by atoms with E-state index < -0.39 is 9.84 Å². The highest BCUT2D eigenvalue weighted by atomic mass is 32.2. The van der Waals surface area contributed by atoms with Crippen molar-refractivity contribution in [3.8, 4) is 22.4 Å². The maximum Gasteiger partial charge on any atom is 0.184 e. The molecule has 2 heterocycles. The number of pyridine rings is 1. The Balaban J connectivity index is 1.53. The quantitative estimate of drug-likeness (QED) is 0.303. The van der Waals surface area contributed by atoms with Crippen molar-refractivity contribution < 1.29 is 12.8 Å². The maximum atomic E-state index is 13.9. The Hall–Kier alpha value is -3.97. The summed E-state index contributed by atoms with van der Waals surface area (Å²) in [7, 11) is -3.58. The zero-order chi connectivity index (χ0) is 24.6.